The molecular formula is C16H26N2O2S. The third kappa shape index (κ3) is 4.51. The molecule has 0 aliphatic carbocycles. The molecule has 0 radical (unpaired) electrons. The van der Waals surface area contributed by atoms with Gasteiger partial charge in [-0.05, 0) is 48.3 Å². The first-order valence-electron chi connectivity index (χ1n) is 7.57. The minimum absolute atomic E-state index is 0.136. The van der Waals surface area contributed by atoms with Gasteiger partial charge in [-0.3, -0.25) is 4.98 Å². The smallest absolute Gasteiger partial charge is 0.211 e. The van der Waals surface area contributed by atoms with E-state index in [-0.39, 0.29) is 5.41 Å². The summed E-state index contributed by atoms with van der Waals surface area (Å²) in [5, 5.41) is 0. The van der Waals surface area contributed by atoms with Crippen molar-refractivity contribution < 1.29 is 8.42 Å². The molecule has 0 atom stereocenters. The molecule has 1 aliphatic heterocycles. The van der Waals surface area contributed by atoms with E-state index in [1.54, 1.807) is 4.31 Å². The van der Waals surface area contributed by atoms with Crippen LogP contribution in [0.1, 0.15) is 44.9 Å². The van der Waals surface area contributed by atoms with Crippen molar-refractivity contribution in [2.45, 2.75) is 45.4 Å². The molecular weight excluding hydrogens is 284 g/mol. The molecule has 0 amide bonds. The van der Waals surface area contributed by atoms with Gasteiger partial charge in [0.2, 0.25) is 10.0 Å². The molecule has 1 aromatic rings. The van der Waals surface area contributed by atoms with Crippen LogP contribution in [0.5, 0.6) is 0 Å². The molecule has 1 fully saturated rings. The predicted molar refractivity (Wildman–Crippen MR) is 85.8 cm³/mol. The number of piperidine rings is 1. The molecule has 4 nitrogen and oxygen atoms in total. The summed E-state index contributed by atoms with van der Waals surface area (Å²) in [6.07, 6.45) is 5.98. The lowest BCUT2D eigenvalue weighted by molar-refractivity contribution is 0.273. The van der Waals surface area contributed by atoms with Crippen LogP contribution in [0.2, 0.25) is 0 Å². The molecule has 1 saturated heterocycles. The highest BCUT2D eigenvalue weighted by molar-refractivity contribution is 7.88. The van der Waals surface area contributed by atoms with E-state index >= 15 is 0 Å². The molecule has 118 valence electrons. The first-order valence-corrected chi connectivity index (χ1v) is 9.41. The van der Waals surface area contributed by atoms with E-state index in [1.807, 2.05) is 6.20 Å². The molecule has 2 rings (SSSR count). The molecule has 0 aromatic carbocycles. The lowest BCUT2D eigenvalue weighted by Gasteiger charge is -2.30. The fraction of sp³-hybridized carbons (Fsp3) is 0.688. The van der Waals surface area contributed by atoms with Crippen LogP contribution in [-0.2, 0) is 21.9 Å². The fourth-order valence-corrected chi connectivity index (χ4v) is 3.67. The Labute approximate surface area is 128 Å². The minimum atomic E-state index is -3.03. The maximum Gasteiger partial charge on any atom is 0.211 e. The van der Waals surface area contributed by atoms with E-state index in [0.29, 0.717) is 19.0 Å². The molecule has 1 aliphatic rings. The zero-order valence-electron chi connectivity index (χ0n) is 13.5. The first kappa shape index (κ1) is 16.4. The molecule has 2 heterocycles. The van der Waals surface area contributed by atoms with Gasteiger partial charge in [-0.25, -0.2) is 12.7 Å². The molecule has 0 bridgehead atoms. The Morgan fingerprint density at radius 3 is 2.43 bits per heavy atom. The van der Waals surface area contributed by atoms with Crippen molar-refractivity contribution in [1.29, 1.82) is 0 Å². The summed E-state index contributed by atoms with van der Waals surface area (Å²) < 4.78 is 24.6. The highest BCUT2D eigenvalue weighted by Crippen LogP contribution is 2.25. The zero-order valence-corrected chi connectivity index (χ0v) is 14.3. The van der Waals surface area contributed by atoms with Crippen molar-refractivity contribution in [1.82, 2.24) is 9.29 Å². The minimum Gasteiger partial charge on any atom is -0.261 e. The van der Waals surface area contributed by atoms with E-state index in [4.69, 9.17) is 0 Å². The second-order valence-corrected chi connectivity index (χ2v) is 9.08. The SMILES string of the molecule is CC(C)(C)c1ccnc(CC2CCN(S(C)(=O)=O)CC2)c1. The Balaban J connectivity index is 1.98. The van der Waals surface area contributed by atoms with Gasteiger partial charge in [0.05, 0.1) is 6.26 Å². The second kappa shape index (κ2) is 6.05. The molecule has 1 aromatic heterocycles. The topological polar surface area (TPSA) is 50.3 Å². The summed E-state index contributed by atoms with van der Waals surface area (Å²) in [4.78, 5) is 4.48. The molecule has 0 N–H and O–H groups in total. The summed E-state index contributed by atoms with van der Waals surface area (Å²) in [6, 6.07) is 4.28. The van der Waals surface area contributed by atoms with Gasteiger partial charge in [-0.15, -0.1) is 0 Å². The highest BCUT2D eigenvalue weighted by Gasteiger charge is 2.25. The van der Waals surface area contributed by atoms with Crippen LogP contribution in [0, 0.1) is 5.92 Å². The van der Waals surface area contributed by atoms with E-state index < -0.39 is 10.0 Å². The maximum absolute atomic E-state index is 11.5. The van der Waals surface area contributed by atoms with Crippen molar-refractivity contribution in [2.75, 3.05) is 19.3 Å². The van der Waals surface area contributed by atoms with Gasteiger partial charge in [0, 0.05) is 25.0 Å². The van der Waals surface area contributed by atoms with Gasteiger partial charge in [0.15, 0.2) is 0 Å². The van der Waals surface area contributed by atoms with Gasteiger partial charge in [0.25, 0.3) is 0 Å². The third-order valence-corrected chi connectivity index (χ3v) is 5.53. The van der Waals surface area contributed by atoms with Gasteiger partial charge in [-0.1, -0.05) is 20.8 Å². The maximum atomic E-state index is 11.5. The summed E-state index contributed by atoms with van der Waals surface area (Å²) in [5.74, 6) is 0.533. The first-order chi connectivity index (χ1) is 9.66. The second-order valence-electron chi connectivity index (χ2n) is 7.10. The standard InChI is InChI=1S/C16H26N2O2S/c1-16(2,3)14-5-8-17-15(12-14)11-13-6-9-18(10-7-13)21(4,19)20/h5,8,12-13H,6-7,9-11H2,1-4H3. The van der Waals surface area contributed by atoms with Gasteiger partial charge < -0.3 is 0 Å². The van der Waals surface area contributed by atoms with Crippen molar-refractivity contribution in [2.24, 2.45) is 5.92 Å². The van der Waals surface area contributed by atoms with E-state index in [0.717, 1.165) is 25.0 Å². The summed E-state index contributed by atoms with van der Waals surface area (Å²) in [7, 11) is -3.03. The quantitative estimate of drug-likeness (QED) is 0.862. The van der Waals surface area contributed by atoms with Crippen molar-refractivity contribution in [3.63, 3.8) is 0 Å². The Kier molecular flexibility index (Phi) is 4.73. The third-order valence-electron chi connectivity index (χ3n) is 4.22. The van der Waals surface area contributed by atoms with E-state index in [1.165, 1.54) is 11.8 Å². The number of hydrogen-bond donors (Lipinski definition) is 0. The number of aromatic nitrogens is 1. The normalized spacial score (nSPS) is 18.9. The largest absolute Gasteiger partial charge is 0.261 e. The van der Waals surface area contributed by atoms with Gasteiger partial charge >= 0.3 is 0 Å². The van der Waals surface area contributed by atoms with E-state index in [2.05, 4.69) is 37.9 Å². The van der Waals surface area contributed by atoms with Crippen molar-refractivity contribution >= 4 is 10.0 Å². The van der Waals surface area contributed by atoms with Gasteiger partial charge in [0.1, 0.15) is 0 Å². The zero-order chi connectivity index (χ0) is 15.7. The van der Waals surface area contributed by atoms with Crippen LogP contribution in [0.25, 0.3) is 0 Å². The lowest BCUT2D eigenvalue weighted by atomic mass is 9.86. The number of rotatable bonds is 3. The Morgan fingerprint density at radius 1 is 1.29 bits per heavy atom. The van der Waals surface area contributed by atoms with Crippen LogP contribution < -0.4 is 0 Å². The van der Waals surface area contributed by atoms with Crippen LogP contribution in [0.4, 0.5) is 0 Å². The Hall–Kier alpha value is -0.940. The monoisotopic (exact) mass is 310 g/mol. The summed E-state index contributed by atoms with van der Waals surface area (Å²) in [6.45, 7) is 7.90. The van der Waals surface area contributed by atoms with Crippen molar-refractivity contribution in [3.8, 4) is 0 Å². The molecule has 5 heteroatoms. The predicted octanol–water partition coefficient (Wildman–Crippen LogP) is 2.59. The summed E-state index contributed by atoms with van der Waals surface area (Å²) >= 11 is 0. The van der Waals surface area contributed by atoms with Crippen LogP contribution in [-0.4, -0.2) is 37.1 Å². The van der Waals surface area contributed by atoms with Gasteiger partial charge in [-0.2, -0.15) is 0 Å². The number of hydrogen-bond acceptors (Lipinski definition) is 3. The molecule has 0 unspecified atom stereocenters. The lowest BCUT2D eigenvalue weighted by Crippen LogP contribution is -2.38. The number of nitrogens with zero attached hydrogens (tertiary/aromatic N) is 2. The average molecular weight is 310 g/mol. The summed E-state index contributed by atoms with van der Waals surface area (Å²) in [5.41, 5.74) is 2.57. The van der Waals surface area contributed by atoms with Crippen LogP contribution in [0.15, 0.2) is 18.3 Å². The number of pyridine rings is 1. The van der Waals surface area contributed by atoms with E-state index in [9.17, 15) is 8.42 Å². The Morgan fingerprint density at radius 2 is 1.90 bits per heavy atom. The Bertz CT molecular complexity index is 583. The molecule has 0 spiro atoms. The van der Waals surface area contributed by atoms with Crippen LogP contribution in [0.3, 0.4) is 0 Å². The van der Waals surface area contributed by atoms with Crippen molar-refractivity contribution in [3.05, 3.63) is 29.6 Å². The van der Waals surface area contributed by atoms with Crippen LogP contribution >= 0.6 is 0 Å². The molecule has 0 saturated carbocycles. The average Bonchev–Trinajstić information content (AvgIpc) is 2.37. The highest BCUT2D eigenvalue weighted by atomic mass is 32.2. The fourth-order valence-electron chi connectivity index (χ4n) is 2.80. The molecule has 21 heavy (non-hydrogen) atoms. The number of sulfonamides is 1.